The number of nitrogens with zero attached hydrogens (tertiary/aromatic N) is 1. The first-order valence-corrected chi connectivity index (χ1v) is 7.64. The quantitative estimate of drug-likeness (QED) is 0.845. The van der Waals surface area contributed by atoms with Gasteiger partial charge >= 0.3 is 0 Å². The molecule has 1 aromatic carbocycles. The monoisotopic (exact) mass is 267 g/mol. The van der Waals surface area contributed by atoms with Gasteiger partial charge in [0.15, 0.2) is 9.84 Å². The second-order valence-corrected chi connectivity index (χ2v) is 6.95. The van der Waals surface area contributed by atoms with Gasteiger partial charge in [0.25, 0.3) is 0 Å². The molecule has 18 heavy (non-hydrogen) atoms. The van der Waals surface area contributed by atoms with E-state index in [0.717, 1.165) is 18.9 Å². The lowest BCUT2D eigenvalue weighted by Gasteiger charge is -2.11. The third kappa shape index (κ3) is 2.88. The van der Waals surface area contributed by atoms with E-state index in [1.165, 1.54) is 12.1 Å². The van der Waals surface area contributed by atoms with Crippen molar-refractivity contribution in [2.24, 2.45) is 0 Å². The van der Waals surface area contributed by atoms with Crippen LogP contribution in [0, 0.1) is 17.1 Å². The normalized spacial score (nSPS) is 16.7. The Hall–Kier alpha value is -1.41. The van der Waals surface area contributed by atoms with Crippen molar-refractivity contribution in [2.45, 2.75) is 36.7 Å². The maximum atomic E-state index is 13.2. The Morgan fingerprint density at radius 3 is 2.56 bits per heavy atom. The van der Waals surface area contributed by atoms with E-state index in [2.05, 4.69) is 0 Å². The Morgan fingerprint density at radius 1 is 1.28 bits per heavy atom. The predicted molar refractivity (Wildman–Crippen MR) is 66.0 cm³/mol. The molecule has 1 aromatic rings. The highest BCUT2D eigenvalue weighted by Gasteiger charge is 2.28. The highest BCUT2D eigenvalue weighted by molar-refractivity contribution is 7.91. The van der Waals surface area contributed by atoms with Crippen molar-refractivity contribution in [3.05, 3.63) is 35.1 Å². The van der Waals surface area contributed by atoms with Gasteiger partial charge in [-0.25, -0.2) is 12.8 Å². The summed E-state index contributed by atoms with van der Waals surface area (Å²) >= 11 is 0. The highest BCUT2D eigenvalue weighted by atomic mass is 32.2. The van der Waals surface area contributed by atoms with Crippen LogP contribution >= 0.6 is 0 Å². The zero-order chi connectivity index (χ0) is 13.2. The van der Waals surface area contributed by atoms with Crippen molar-refractivity contribution >= 4 is 9.84 Å². The number of hydrogen-bond acceptors (Lipinski definition) is 3. The van der Waals surface area contributed by atoms with E-state index in [0.29, 0.717) is 18.4 Å². The maximum absolute atomic E-state index is 13.2. The number of halogens is 1. The van der Waals surface area contributed by atoms with Crippen LogP contribution in [0.5, 0.6) is 0 Å². The zero-order valence-corrected chi connectivity index (χ0v) is 10.7. The molecule has 0 aromatic heterocycles. The van der Waals surface area contributed by atoms with Crippen LogP contribution in [-0.4, -0.2) is 13.7 Å². The molecule has 0 spiro atoms. The van der Waals surface area contributed by atoms with Crippen LogP contribution in [0.4, 0.5) is 4.39 Å². The van der Waals surface area contributed by atoms with E-state index in [1.807, 2.05) is 6.07 Å². The second kappa shape index (κ2) is 5.07. The summed E-state index contributed by atoms with van der Waals surface area (Å²) in [4.78, 5) is 0. The number of benzene rings is 1. The molecule has 0 N–H and O–H groups in total. The topological polar surface area (TPSA) is 57.9 Å². The highest BCUT2D eigenvalue weighted by Crippen LogP contribution is 2.27. The van der Waals surface area contributed by atoms with Gasteiger partial charge in [0, 0.05) is 0 Å². The van der Waals surface area contributed by atoms with Crippen molar-refractivity contribution < 1.29 is 12.8 Å². The molecule has 1 aliphatic rings. The maximum Gasteiger partial charge on any atom is 0.157 e. The molecule has 0 atom stereocenters. The second-order valence-electron chi connectivity index (χ2n) is 4.67. The number of rotatable bonds is 3. The van der Waals surface area contributed by atoms with Crippen molar-refractivity contribution in [1.29, 1.82) is 5.26 Å². The Kier molecular flexibility index (Phi) is 3.67. The van der Waals surface area contributed by atoms with Gasteiger partial charge in [-0.3, -0.25) is 0 Å². The largest absolute Gasteiger partial charge is 0.228 e. The van der Waals surface area contributed by atoms with E-state index >= 15 is 0 Å². The molecule has 0 saturated heterocycles. The van der Waals surface area contributed by atoms with Crippen molar-refractivity contribution in [3.63, 3.8) is 0 Å². The number of sulfone groups is 1. The number of hydrogen-bond donors (Lipinski definition) is 0. The minimum Gasteiger partial charge on any atom is -0.228 e. The third-order valence-electron chi connectivity index (χ3n) is 3.26. The van der Waals surface area contributed by atoms with E-state index in [4.69, 9.17) is 5.26 Å². The summed E-state index contributed by atoms with van der Waals surface area (Å²) in [6.45, 7) is 0. The van der Waals surface area contributed by atoms with Gasteiger partial charge < -0.3 is 0 Å². The van der Waals surface area contributed by atoms with Gasteiger partial charge in [-0.2, -0.15) is 5.26 Å². The molecule has 1 aliphatic carbocycles. The molecule has 0 bridgehead atoms. The fourth-order valence-corrected chi connectivity index (χ4v) is 4.31. The molecule has 1 saturated carbocycles. The van der Waals surface area contributed by atoms with Crippen LogP contribution in [0.25, 0.3) is 0 Å². The summed E-state index contributed by atoms with van der Waals surface area (Å²) in [7, 11) is -3.23. The molecule has 0 aliphatic heterocycles. The van der Waals surface area contributed by atoms with Crippen molar-refractivity contribution in [1.82, 2.24) is 0 Å². The molecule has 0 radical (unpaired) electrons. The molecular formula is C13H14FNO2S. The molecule has 0 unspecified atom stereocenters. The van der Waals surface area contributed by atoms with Crippen molar-refractivity contribution in [2.75, 3.05) is 0 Å². The lowest BCUT2D eigenvalue weighted by atomic mass is 10.1. The third-order valence-corrected chi connectivity index (χ3v) is 5.49. The molecule has 5 heteroatoms. The summed E-state index contributed by atoms with van der Waals surface area (Å²) in [6, 6.07) is 5.56. The van der Waals surface area contributed by atoms with Gasteiger partial charge in [-0.05, 0) is 36.6 Å². The Labute approximate surface area is 106 Å². The lowest BCUT2D eigenvalue weighted by Crippen LogP contribution is -2.19. The van der Waals surface area contributed by atoms with Crippen LogP contribution in [0.3, 0.4) is 0 Å². The number of nitriles is 1. The van der Waals surface area contributed by atoms with Crippen LogP contribution in [-0.2, 0) is 15.6 Å². The Balaban J connectivity index is 2.23. The van der Waals surface area contributed by atoms with E-state index < -0.39 is 15.7 Å². The van der Waals surface area contributed by atoms with Gasteiger partial charge in [0.05, 0.1) is 22.6 Å². The summed E-state index contributed by atoms with van der Waals surface area (Å²) in [5, 5.41) is 8.43. The molecular weight excluding hydrogens is 253 g/mol. The molecule has 3 nitrogen and oxygen atoms in total. The first-order chi connectivity index (χ1) is 8.51. The van der Waals surface area contributed by atoms with Crippen LogP contribution in [0.15, 0.2) is 18.2 Å². The molecule has 0 amide bonds. The Morgan fingerprint density at radius 2 is 1.94 bits per heavy atom. The average Bonchev–Trinajstić information content (AvgIpc) is 2.81. The lowest BCUT2D eigenvalue weighted by molar-refractivity contribution is 0.578. The summed E-state index contributed by atoms with van der Waals surface area (Å²) in [5.74, 6) is -0.741. The van der Waals surface area contributed by atoms with Crippen molar-refractivity contribution in [3.8, 4) is 6.07 Å². The van der Waals surface area contributed by atoms with Crippen LogP contribution < -0.4 is 0 Å². The van der Waals surface area contributed by atoms with Crippen LogP contribution in [0.1, 0.15) is 36.8 Å². The molecule has 2 rings (SSSR count). The first-order valence-electron chi connectivity index (χ1n) is 5.92. The van der Waals surface area contributed by atoms with E-state index in [-0.39, 0.29) is 16.6 Å². The first kappa shape index (κ1) is 13.0. The summed E-state index contributed by atoms with van der Waals surface area (Å²) in [6.07, 6.45) is 3.28. The zero-order valence-electron chi connectivity index (χ0n) is 9.89. The standard InChI is InChI=1S/C13H14FNO2S/c14-12-6-10(8-15)5-11(7-12)9-18(16,17)13-3-1-2-4-13/h5-7,13H,1-4,9H2. The summed E-state index contributed by atoms with van der Waals surface area (Å²) < 4.78 is 37.4. The molecule has 1 fully saturated rings. The van der Waals surface area contributed by atoms with E-state index in [9.17, 15) is 12.8 Å². The average molecular weight is 267 g/mol. The SMILES string of the molecule is N#Cc1cc(F)cc(CS(=O)(=O)C2CCCC2)c1. The molecule has 0 heterocycles. The summed E-state index contributed by atoms with van der Waals surface area (Å²) in [5.41, 5.74) is 0.519. The minimum atomic E-state index is -3.23. The minimum absolute atomic E-state index is 0.159. The van der Waals surface area contributed by atoms with E-state index in [1.54, 1.807) is 0 Å². The predicted octanol–water partition coefficient (Wildman–Crippen LogP) is 2.55. The van der Waals surface area contributed by atoms with Gasteiger partial charge in [-0.15, -0.1) is 0 Å². The van der Waals surface area contributed by atoms with Gasteiger partial charge in [0.1, 0.15) is 5.82 Å². The van der Waals surface area contributed by atoms with Gasteiger partial charge in [0.2, 0.25) is 0 Å². The fraction of sp³-hybridized carbons (Fsp3) is 0.462. The van der Waals surface area contributed by atoms with Gasteiger partial charge in [-0.1, -0.05) is 12.8 Å². The van der Waals surface area contributed by atoms with Crippen LogP contribution in [0.2, 0.25) is 0 Å². The fourth-order valence-electron chi connectivity index (χ4n) is 2.40. The smallest absolute Gasteiger partial charge is 0.157 e. The Bertz CT molecular complexity index is 583. The molecule has 96 valence electrons.